The largest absolute Gasteiger partial charge is 0.486 e. The first kappa shape index (κ1) is 32.7. The molecule has 3 heterocycles. The van der Waals surface area contributed by atoms with Crippen LogP contribution in [-0.2, 0) is 15.6 Å². The quantitative estimate of drug-likeness (QED) is 0.182. The minimum absolute atomic E-state index is 0.0455. The Morgan fingerprint density at radius 3 is 2.40 bits per heavy atom. The minimum atomic E-state index is -3.48. The van der Waals surface area contributed by atoms with Crippen LogP contribution < -0.4 is 15.0 Å². The lowest BCUT2D eigenvalue weighted by Crippen LogP contribution is -2.48. The molecule has 0 atom stereocenters. The van der Waals surface area contributed by atoms with Crippen molar-refractivity contribution < 1.29 is 13.2 Å². The number of piperazine rings is 1. The number of ether oxygens (including phenoxy) is 1. The number of H-pyrrole nitrogens is 1. The van der Waals surface area contributed by atoms with Crippen molar-refractivity contribution in [3.8, 4) is 5.75 Å². The molecular formula is C32H42N8O3S2. The lowest BCUT2D eigenvalue weighted by Gasteiger charge is -2.36. The van der Waals surface area contributed by atoms with Gasteiger partial charge in [-0.3, -0.25) is 10.00 Å². The van der Waals surface area contributed by atoms with Crippen molar-refractivity contribution in [1.29, 1.82) is 0 Å². The summed E-state index contributed by atoms with van der Waals surface area (Å²) in [6.45, 7) is 10.1. The molecular weight excluding hydrogens is 609 g/mol. The first-order valence-electron chi connectivity index (χ1n) is 15.2. The van der Waals surface area contributed by atoms with E-state index < -0.39 is 9.84 Å². The Balaban J connectivity index is 1.42. The van der Waals surface area contributed by atoms with Crippen molar-refractivity contribution in [3.63, 3.8) is 0 Å². The third-order valence-electron chi connectivity index (χ3n) is 7.36. The zero-order valence-electron chi connectivity index (χ0n) is 26.4. The van der Waals surface area contributed by atoms with E-state index in [0.29, 0.717) is 29.1 Å². The molecule has 45 heavy (non-hydrogen) atoms. The van der Waals surface area contributed by atoms with Gasteiger partial charge in [-0.15, -0.1) is 0 Å². The van der Waals surface area contributed by atoms with Gasteiger partial charge in [-0.05, 0) is 69.0 Å². The number of sulfone groups is 1. The summed E-state index contributed by atoms with van der Waals surface area (Å²) in [4.78, 5) is 17.9. The number of likely N-dealkylation sites (N-methyl/N-ethyl adjacent to an activating group) is 1. The molecule has 13 heteroatoms. The summed E-state index contributed by atoms with van der Waals surface area (Å²) in [6.07, 6.45) is 0.842. The highest BCUT2D eigenvalue weighted by Gasteiger charge is 2.26. The summed E-state index contributed by atoms with van der Waals surface area (Å²) in [5.74, 6) is 2.47. The second-order valence-corrected chi connectivity index (χ2v) is 14.4. The molecule has 0 amide bonds. The fourth-order valence-corrected chi connectivity index (χ4v) is 7.03. The summed E-state index contributed by atoms with van der Waals surface area (Å²) in [7, 11) is 0.713. The predicted octanol–water partition coefficient (Wildman–Crippen LogP) is 4.85. The summed E-state index contributed by atoms with van der Waals surface area (Å²) < 4.78 is 32.4. The first-order valence-corrected chi connectivity index (χ1v) is 17.7. The lowest BCUT2D eigenvalue weighted by molar-refractivity contribution is 0.228. The van der Waals surface area contributed by atoms with Gasteiger partial charge >= 0.3 is 0 Å². The van der Waals surface area contributed by atoms with Gasteiger partial charge in [0.05, 0.1) is 17.3 Å². The highest BCUT2D eigenvalue weighted by Crippen LogP contribution is 2.39. The van der Waals surface area contributed by atoms with Gasteiger partial charge in [0.2, 0.25) is 5.75 Å². The van der Waals surface area contributed by atoms with Crippen molar-refractivity contribution in [1.82, 2.24) is 30.0 Å². The predicted molar refractivity (Wildman–Crippen MR) is 180 cm³/mol. The normalized spacial score (nSPS) is 14.2. The Hall–Kier alpha value is -3.65. The molecule has 240 valence electrons. The number of aromatic amines is 1. The molecule has 0 unspecified atom stereocenters. The smallest absolute Gasteiger partial charge is 0.205 e. The van der Waals surface area contributed by atoms with Crippen molar-refractivity contribution in [2.24, 2.45) is 0 Å². The molecule has 2 N–H and O–H groups in total. The van der Waals surface area contributed by atoms with Crippen LogP contribution in [0.25, 0.3) is 0 Å². The van der Waals surface area contributed by atoms with Crippen molar-refractivity contribution in [2.75, 3.05) is 70.2 Å². The maximum absolute atomic E-state index is 13.1. The molecule has 11 nitrogen and oxygen atoms in total. The molecule has 4 aromatic rings. The number of anilines is 3. The van der Waals surface area contributed by atoms with Gasteiger partial charge in [-0.25, -0.2) is 18.4 Å². The van der Waals surface area contributed by atoms with Gasteiger partial charge in [0.1, 0.15) is 0 Å². The number of aromatic nitrogens is 4. The second kappa shape index (κ2) is 15.1. The zero-order valence-corrected chi connectivity index (χ0v) is 28.0. The van der Waals surface area contributed by atoms with E-state index in [1.165, 1.54) is 11.8 Å². The maximum Gasteiger partial charge on any atom is 0.205 e. The second-order valence-electron chi connectivity index (χ2n) is 11.4. The molecule has 1 aliphatic rings. The van der Waals surface area contributed by atoms with Gasteiger partial charge in [0.15, 0.2) is 32.4 Å². The molecule has 2 aromatic heterocycles. The summed E-state index contributed by atoms with van der Waals surface area (Å²) in [5.41, 5.74) is 1.68. The van der Waals surface area contributed by atoms with Gasteiger partial charge in [0.25, 0.3) is 0 Å². The third kappa shape index (κ3) is 8.97. The number of rotatable bonds is 14. The van der Waals surface area contributed by atoms with Crippen molar-refractivity contribution >= 4 is 39.1 Å². The number of aryl methyl sites for hydroxylation is 1. The first-order chi connectivity index (χ1) is 21.7. The van der Waals surface area contributed by atoms with E-state index in [1.54, 1.807) is 24.3 Å². The van der Waals surface area contributed by atoms with E-state index in [4.69, 9.17) is 14.7 Å². The Bertz CT molecular complexity index is 1640. The number of hydrogen-bond donors (Lipinski definition) is 2. The van der Waals surface area contributed by atoms with Gasteiger partial charge in [-0.1, -0.05) is 37.3 Å². The van der Waals surface area contributed by atoms with Crippen molar-refractivity contribution in [2.45, 2.75) is 41.0 Å². The Morgan fingerprint density at radius 1 is 1.02 bits per heavy atom. The zero-order chi connectivity index (χ0) is 31.8. The van der Waals surface area contributed by atoms with E-state index in [-0.39, 0.29) is 10.6 Å². The summed E-state index contributed by atoms with van der Waals surface area (Å²) in [6, 6.07) is 18.0. The van der Waals surface area contributed by atoms with E-state index in [2.05, 4.69) is 51.2 Å². The molecule has 0 bridgehead atoms. The molecule has 1 aliphatic heterocycles. The third-order valence-corrected chi connectivity index (χ3v) is 9.93. The molecule has 0 spiro atoms. The minimum Gasteiger partial charge on any atom is -0.486 e. The lowest BCUT2D eigenvalue weighted by atomic mass is 10.2. The number of hydrogen-bond acceptors (Lipinski definition) is 11. The summed E-state index contributed by atoms with van der Waals surface area (Å²) in [5, 5.41) is 11.2. The van der Waals surface area contributed by atoms with Gasteiger partial charge in [0, 0.05) is 55.9 Å². The van der Waals surface area contributed by atoms with E-state index in [1.807, 2.05) is 43.3 Å². The van der Waals surface area contributed by atoms with Crippen LogP contribution in [-0.4, -0.2) is 98.4 Å². The van der Waals surface area contributed by atoms with E-state index >= 15 is 0 Å². The van der Waals surface area contributed by atoms with E-state index in [9.17, 15) is 8.42 Å². The molecule has 0 saturated carbocycles. The Labute approximate surface area is 270 Å². The molecule has 0 radical (unpaired) electrons. The molecule has 1 fully saturated rings. The van der Waals surface area contributed by atoms with Gasteiger partial charge < -0.3 is 19.9 Å². The highest BCUT2D eigenvalue weighted by atomic mass is 32.2. The molecule has 2 aromatic carbocycles. The SMILES string of the molecule is CCCOc1c(Nc2cc(C)[nH]n2)nc(Sc2ccc(S(=O)(=O)Cc3ccccc3)cc2)nc1N1CCN(CCN(C)C)CC1. The Kier molecular flexibility index (Phi) is 11.0. The van der Waals surface area contributed by atoms with Crippen LogP contribution in [0.15, 0.2) is 75.6 Å². The van der Waals surface area contributed by atoms with Crippen LogP contribution in [0.5, 0.6) is 5.75 Å². The number of benzene rings is 2. The monoisotopic (exact) mass is 650 g/mol. The fraction of sp³-hybridized carbons (Fsp3) is 0.406. The van der Waals surface area contributed by atoms with Crippen LogP contribution in [0.3, 0.4) is 0 Å². The van der Waals surface area contributed by atoms with Crippen LogP contribution in [0.1, 0.15) is 24.6 Å². The van der Waals surface area contributed by atoms with Gasteiger partial charge in [-0.2, -0.15) is 5.10 Å². The van der Waals surface area contributed by atoms with E-state index in [0.717, 1.165) is 67.7 Å². The molecule has 1 saturated heterocycles. The van der Waals surface area contributed by atoms with Crippen LogP contribution in [0, 0.1) is 6.92 Å². The molecule has 0 aliphatic carbocycles. The maximum atomic E-state index is 13.1. The Morgan fingerprint density at radius 2 is 1.76 bits per heavy atom. The van der Waals surface area contributed by atoms with Crippen LogP contribution in [0.4, 0.5) is 17.5 Å². The molecule has 5 rings (SSSR count). The summed E-state index contributed by atoms with van der Waals surface area (Å²) >= 11 is 1.38. The standard InChI is InChI=1S/C32H42N8O3S2/c1-5-21-43-29-30(33-28-22-24(2)36-37-28)34-32(35-31(29)40-19-17-39(18-20-40)16-15-38(3)4)44-26-11-13-27(14-12-26)45(41,42)23-25-9-7-6-8-10-25/h6-14,22H,5,15-21,23H2,1-4H3,(H2,33,34,35,36,37). The number of nitrogens with one attached hydrogen (secondary N) is 2. The average molecular weight is 651 g/mol. The number of nitrogens with zero attached hydrogens (tertiary/aromatic N) is 6. The fourth-order valence-electron chi connectivity index (χ4n) is 4.93. The van der Waals surface area contributed by atoms with Crippen LogP contribution in [0.2, 0.25) is 0 Å². The van der Waals surface area contributed by atoms with Crippen molar-refractivity contribution in [3.05, 3.63) is 71.9 Å². The highest BCUT2D eigenvalue weighted by molar-refractivity contribution is 7.99. The topological polar surface area (TPSA) is 120 Å². The van der Waals surface area contributed by atoms with Crippen LogP contribution >= 0.6 is 11.8 Å². The average Bonchev–Trinajstić information content (AvgIpc) is 3.44.